The van der Waals surface area contributed by atoms with E-state index in [1.807, 2.05) is 17.9 Å². The summed E-state index contributed by atoms with van der Waals surface area (Å²) in [5.41, 5.74) is 4.23. The lowest BCUT2D eigenvalue weighted by Gasteiger charge is -2.41. The van der Waals surface area contributed by atoms with Crippen LogP contribution in [-0.4, -0.2) is 49.0 Å². The van der Waals surface area contributed by atoms with E-state index in [4.69, 9.17) is 14.1 Å². The molecule has 0 unspecified atom stereocenters. The third kappa shape index (κ3) is 5.34. The van der Waals surface area contributed by atoms with Gasteiger partial charge in [0.25, 0.3) is 17.7 Å². The highest BCUT2D eigenvalue weighted by Gasteiger charge is 2.46. The van der Waals surface area contributed by atoms with Crippen LogP contribution >= 0.6 is 0 Å². The number of amides is 2. The molecule has 5 aromatic rings. The first kappa shape index (κ1) is 32.1. The summed E-state index contributed by atoms with van der Waals surface area (Å²) in [6.45, 7) is 5.84. The monoisotopic (exact) mass is 685 g/mol. The Morgan fingerprint density at radius 1 is 1.06 bits per heavy atom. The Kier molecular flexibility index (Phi) is 7.55. The fourth-order valence-electron chi connectivity index (χ4n) is 7.40. The number of aromatic nitrogens is 4. The van der Waals surface area contributed by atoms with Gasteiger partial charge in [-0.25, -0.2) is 14.3 Å². The zero-order valence-corrected chi connectivity index (χ0v) is 28.1. The number of aromatic amines is 1. The number of halogens is 1. The van der Waals surface area contributed by atoms with E-state index in [9.17, 15) is 24.0 Å². The number of anilines is 1. The Morgan fingerprint density at radius 2 is 1.86 bits per heavy atom. The second-order valence-electron chi connectivity index (χ2n) is 13.5. The van der Waals surface area contributed by atoms with Crippen molar-refractivity contribution in [2.45, 2.75) is 64.1 Å². The lowest BCUT2D eigenvalue weighted by molar-refractivity contribution is -0.133. The van der Waals surface area contributed by atoms with E-state index >= 15 is 0 Å². The van der Waals surface area contributed by atoms with Crippen LogP contribution in [0.4, 0.5) is 10.1 Å². The van der Waals surface area contributed by atoms with Gasteiger partial charge in [0, 0.05) is 18.3 Å². The molecule has 2 atom stereocenters. The highest BCUT2D eigenvalue weighted by molar-refractivity contribution is 6.09. The molecule has 6 heterocycles. The summed E-state index contributed by atoms with van der Waals surface area (Å²) in [6, 6.07) is 16.3. The summed E-state index contributed by atoms with van der Waals surface area (Å²) in [7, 11) is 0. The standard InChI is InChI=1S/C38H32FN7O5/c1-20(25-13-9-22(18-40)19-41-25)46-27-15-10-23(17-29(27)51-38(2,3)36(46)48)30-31(34-43-44-37(49)50-34)26(14-8-21-6-11-24(39)12-7-21)42-33-28-5-4-16-45(28)35(47)32(30)33/h6-7,9-13,15,17,19-20,28H,4-5,8,14,16H2,1-3H3,(H,44,49)/t20-,28+/m1/s1. The maximum absolute atomic E-state index is 14.2. The quantitative estimate of drug-likeness (QED) is 0.222. The van der Waals surface area contributed by atoms with Gasteiger partial charge in [-0.3, -0.25) is 24.5 Å². The first-order valence-corrected chi connectivity index (χ1v) is 16.7. The minimum Gasteiger partial charge on any atom is -0.476 e. The molecule has 1 fully saturated rings. The SMILES string of the molecule is C[C@H](c1ccc(C#N)cn1)N1C(=O)C(C)(C)Oc2cc(-c3c4c(nc(CCc5ccc(F)cc5)c3-c3n[nH]c(=O)o3)[C@@H]3CCCN3C4=O)ccc21. The summed E-state index contributed by atoms with van der Waals surface area (Å²) >= 11 is 0. The van der Waals surface area contributed by atoms with Crippen LogP contribution in [0.3, 0.4) is 0 Å². The second kappa shape index (κ2) is 12.0. The van der Waals surface area contributed by atoms with Gasteiger partial charge in [-0.2, -0.15) is 5.26 Å². The van der Waals surface area contributed by atoms with E-state index in [2.05, 4.69) is 21.3 Å². The van der Waals surface area contributed by atoms with Gasteiger partial charge in [0.1, 0.15) is 17.6 Å². The molecule has 3 aromatic heterocycles. The smallest absolute Gasteiger partial charge is 0.434 e. The second-order valence-corrected chi connectivity index (χ2v) is 13.5. The predicted molar refractivity (Wildman–Crippen MR) is 182 cm³/mol. The molecule has 0 aliphatic carbocycles. The predicted octanol–water partition coefficient (Wildman–Crippen LogP) is 5.84. The van der Waals surface area contributed by atoms with Crippen LogP contribution in [0.1, 0.15) is 84.3 Å². The van der Waals surface area contributed by atoms with Gasteiger partial charge in [-0.1, -0.05) is 18.2 Å². The molecule has 12 nitrogen and oxygen atoms in total. The van der Waals surface area contributed by atoms with Gasteiger partial charge in [0.05, 0.1) is 51.5 Å². The van der Waals surface area contributed by atoms with Gasteiger partial charge in [0.15, 0.2) is 5.60 Å². The summed E-state index contributed by atoms with van der Waals surface area (Å²) < 4.78 is 25.6. The first-order chi connectivity index (χ1) is 24.5. The number of fused-ring (bicyclic) bond motifs is 4. The number of aryl methyl sites for hydroxylation is 2. The highest BCUT2D eigenvalue weighted by Crippen LogP contribution is 2.50. The van der Waals surface area contributed by atoms with Crippen molar-refractivity contribution in [1.82, 2.24) is 25.1 Å². The minimum atomic E-state index is -1.26. The lowest BCUT2D eigenvalue weighted by Crippen LogP contribution is -2.53. The molecule has 3 aliphatic heterocycles. The molecule has 2 amide bonds. The van der Waals surface area contributed by atoms with Gasteiger partial charge in [-0.05, 0) is 94.0 Å². The number of benzene rings is 2. The maximum atomic E-state index is 14.2. The van der Waals surface area contributed by atoms with Crippen molar-refractivity contribution in [3.63, 3.8) is 0 Å². The normalized spacial score (nSPS) is 17.8. The van der Waals surface area contributed by atoms with Crippen LogP contribution in [-0.2, 0) is 17.6 Å². The summed E-state index contributed by atoms with van der Waals surface area (Å²) in [5.74, 6) is -1.16. The van der Waals surface area contributed by atoms with Crippen molar-refractivity contribution in [2.75, 3.05) is 11.4 Å². The molecule has 1 saturated heterocycles. The van der Waals surface area contributed by atoms with Crippen LogP contribution in [0.2, 0.25) is 0 Å². The Bertz CT molecular complexity index is 2320. The average Bonchev–Trinajstić information content (AvgIpc) is 3.85. The van der Waals surface area contributed by atoms with Crippen molar-refractivity contribution in [3.8, 4) is 34.4 Å². The number of nitrogens with zero attached hydrogens (tertiary/aromatic N) is 6. The molecule has 3 aliphatic rings. The van der Waals surface area contributed by atoms with Gasteiger partial charge in [-0.15, -0.1) is 5.10 Å². The molecule has 13 heteroatoms. The molecule has 0 spiro atoms. The van der Waals surface area contributed by atoms with Crippen molar-refractivity contribution in [1.29, 1.82) is 5.26 Å². The fraction of sp³-hybridized carbons (Fsp3) is 0.289. The molecule has 8 rings (SSSR count). The minimum absolute atomic E-state index is 0.0180. The molecule has 1 N–H and O–H groups in total. The van der Waals surface area contributed by atoms with Crippen LogP contribution in [0, 0.1) is 17.1 Å². The summed E-state index contributed by atoms with van der Waals surface area (Å²) in [6.07, 6.45) is 3.96. The number of carbonyl (C=O) groups is 2. The number of ether oxygens (including phenoxy) is 1. The number of nitriles is 1. The number of H-pyrrole nitrogens is 1. The van der Waals surface area contributed by atoms with E-state index < -0.39 is 17.4 Å². The number of hydrogen-bond acceptors (Lipinski definition) is 9. The Labute approximate surface area is 291 Å². The van der Waals surface area contributed by atoms with E-state index in [1.165, 1.54) is 18.3 Å². The fourth-order valence-corrected chi connectivity index (χ4v) is 7.40. The number of carbonyl (C=O) groups excluding carboxylic acids is 2. The molecule has 0 radical (unpaired) electrons. The van der Waals surface area contributed by atoms with Crippen LogP contribution in [0.15, 0.2) is 70.0 Å². The number of pyridine rings is 2. The van der Waals surface area contributed by atoms with Crippen molar-refractivity contribution >= 4 is 17.5 Å². The van der Waals surface area contributed by atoms with Gasteiger partial charge < -0.3 is 14.1 Å². The van der Waals surface area contributed by atoms with Gasteiger partial charge in [0.2, 0.25) is 0 Å². The van der Waals surface area contributed by atoms with E-state index in [0.717, 1.165) is 18.4 Å². The zero-order valence-electron chi connectivity index (χ0n) is 28.1. The number of nitrogens with one attached hydrogen (secondary N) is 1. The van der Waals surface area contributed by atoms with E-state index in [-0.39, 0.29) is 29.6 Å². The molecular weight excluding hydrogens is 653 g/mol. The first-order valence-electron chi connectivity index (χ1n) is 16.7. The number of hydrogen-bond donors (Lipinski definition) is 1. The largest absolute Gasteiger partial charge is 0.476 e. The maximum Gasteiger partial charge on any atom is 0.434 e. The third-order valence-electron chi connectivity index (χ3n) is 9.90. The zero-order chi connectivity index (χ0) is 35.6. The van der Waals surface area contributed by atoms with Crippen LogP contribution in [0.5, 0.6) is 5.75 Å². The van der Waals surface area contributed by atoms with E-state index in [0.29, 0.717) is 75.7 Å². The van der Waals surface area contributed by atoms with Crippen LogP contribution < -0.4 is 15.4 Å². The molecule has 256 valence electrons. The average molecular weight is 686 g/mol. The van der Waals surface area contributed by atoms with Crippen molar-refractivity contribution in [3.05, 3.63) is 111 Å². The summed E-state index contributed by atoms with van der Waals surface area (Å²) in [4.78, 5) is 53.4. The molecule has 0 saturated carbocycles. The van der Waals surface area contributed by atoms with Crippen molar-refractivity contribution in [2.24, 2.45) is 0 Å². The Morgan fingerprint density at radius 3 is 2.57 bits per heavy atom. The van der Waals surface area contributed by atoms with E-state index in [1.54, 1.807) is 55.1 Å². The number of rotatable bonds is 7. The molecular formula is C38H32FN7O5. The summed E-state index contributed by atoms with van der Waals surface area (Å²) in [5, 5.41) is 15.8. The van der Waals surface area contributed by atoms with Crippen LogP contribution in [0.25, 0.3) is 22.6 Å². The highest BCUT2D eigenvalue weighted by atomic mass is 19.1. The topological polar surface area (TPSA) is 158 Å². The molecule has 0 bridgehead atoms. The Hall–Kier alpha value is -6.16. The van der Waals surface area contributed by atoms with Gasteiger partial charge >= 0.3 is 5.76 Å². The van der Waals surface area contributed by atoms with Crippen molar-refractivity contribution < 1.29 is 23.1 Å². The molecule has 2 aromatic carbocycles. The lowest BCUT2D eigenvalue weighted by atomic mass is 9.89. The third-order valence-corrected chi connectivity index (χ3v) is 9.90. The molecule has 51 heavy (non-hydrogen) atoms. The Balaban J connectivity index is 1.31.